The maximum atomic E-state index is 12.1. The van der Waals surface area contributed by atoms with Crippen LogP contribution in [-0.2, 0) is 14.8 Å². The summed E-state index contributed by atoms with van der Waals surface area (Å²) in [7, 11) is -0.472. The Morgan fingerprint density at radius 1 is 1.53 bits per heavy atom. The highest BCUT2D eigenvalue weighted by Crippen LogP contribution is 2.19. The molecule has 0 fully saturated rings. The van der Waals surface area contributed by atoms with Crippen LogP contribution in [0.15, 0.2) is 23.4 Å². The van der Waals surface area contributed by atoms with Crippen molar-refractivity contribution in [3.8, 4) is 0 Å². The molecule has 0 amide bonds. The molecule has 1 heterocycles. The fraction of sp³-hybridized carbons (Fsp3) is 0.500. The smallest absolute Gasteiger partial charge is 0.246 e. The van der Waals surface area contributed by atoms with Crippen LogP contribution in [0.4, 0.5) is 5.69 Å². The fourth-order valence-electron chi connectivity index (χ4n) is 1.33. The SMILES string of the molecule is COCCCN(C)S(=O)(=O)c1cnccc1N. The summed E-state index contributed by atoms with van der Waals surface area (Å²) in [5.74, 6) is 0. The summed E-state index contributed by atoms with van der Waals surface area (Å²) in [4.78, 5) is 3.82. The van der Waals surface area contributed by atoms with Gasteiger partial charge in [0.15, 0.2) is 0 Å². The topological polar surface area (TPSA) is 85.5 Å². The second-order valence-corrected chi connectivity index (χ2v) is 5.60. The zero-order chi connectivity index (χ0) is 12.9. The number of ether oxygens (including phenoxy) is 1. The Kier molecular flexibility index (Phi) is 4.86. The van der Waals surface area contributed by atoms with Gasteiger partial charge in [-0.05, 0) is 12.5 Å². The van der Waals surface area contributed by atoms with Gasteiger partial charge < -0.3 is 10.5 Å². The van der Waals surface area contributed by atoms with Gasteiger partial charge in [-0.3, -0.25) is 4.98 Å². The van der Waals surface area contributed by atoms with Crippen LogP contribution in [0.25, 0.3) is 0 Å². The summed E-state index contributed by atoms with van der Waals surface area (Å²) < 4.78 is 30.3. The molecule has 6 nitrogen and oxygen atoms in total. The number of anilines is 1. The maximum absolute atomic E-state index is 12.1. The zero-order valence-corrected chi connectivity index (χ0v) is 10.8. The van der Waals surface area contributed by atoms with E-state index < -0.39 is 10.0 Å². The lowest BCUT2D eigenvalue weighted by molar-refractivity contribution is 0.189. The molecule has 0 atom stereocenters. The number of methoxy groups -OCH3 is 1. The van der Waals surface area contributed by atoms with Gasteiger partial charge in [-0.1, -0.05) is 0 Å². The first-order chi connectivity index (χ1) is 8.00. The third-order valence-electron chi connectivity index (χ3n) is 2.33. The van der Waals surface area contributed by atoms with Gasteiger partial charge in [0.05, 0.1) is 5.69 Å². The number of hydrogen-bond acceptors (Lipinski definition) is 5. The van der Waals surface area contributed by atoms with Crippen LogP contribution in [0.3, 0.4) is 0 Å². The number of nitrogen functional groups attached to an aromatic ring is 1. The highest BCUT2D eigenvalue weighted by atomic mass is 32.2. The summed E-state index contributed by atoms with van der Waals surface area (Å²) in [6, 6.07) is 1.47. The lowest BCUT2D eigenvalue weighted by Gasteiger charge is -2.17. The summed E-state index contributed by atoms with van der Waals surface area (Å²) in [6.07, 6.45) is 3.35. The Balaban J connectivity index is 2.85. The number of hydrogen-bond donors (Lipinski definition) is 1. The molecule has 0 aliphatic heterocycles. The summed E-state index contributed by atoms with van der Waals surface area (Å²) >= 11 is 0. The second kappa shape index (κ2) is 5.95. The van der Waals surface area contributed by atoms with Crippen LogP contribution in [-0.4, -0.2) is 45.0 Å². The zero-order valence-electron chi connectivity index (χ0n) is 9.96. The Bertz CT molecular complexity index is 462. The molecule has 96 valence electrons. The van der Waals surface area contributed by atoms with E-state index in [9.17, 15) is 8.42 Å². The molecule has 0 aliphatic rings. The molecule has 1 rings (SSSR count). The van der Waals surface area contributed by atoms with E-state index in [0.717, 1.165) is 0 Å². The van der Waals surface area contributed by atoms with E-state index in [-0.39, 0.29) is 10.6 Å². The molecule has 0 aliphatic carbocycles. The molecule has 0 radical (unpaired) electrons. The van der Waals surface area contributed by atoms with Crippen molar-refractivity contribution < 1.29 is 13.2 Å². The van der Waals surface area contributed by atoms with Crippen molar-refractivity contribution in [2.75, 3.05) is 33.0 Å². The van der Waals surface area contributed by atoms with Crippen molar-refractivity contribution in [2.45, 2.75) is 11.3 Å². The Morgan fingerprint density at radius 3 is 2.82 bits per heavy atom. The molecule has 0 bridgehead atoms. The van der Waals surface area contributed by atoms with Gasteiger partial charge in [0.25, 0.3) is 0 Å². The minimum absolute atomic E-state index is 0.0416. The molecule has 1 aromatic rings. The third-order valence-corrected chi connectivity index (χ3v) is 4.23. The minimum Gasteiger partial charge on any atom is -0.398 e. The van der Waals surface area contributed by atoms with Crippen LogP contribution >= 0.6 is 0 Å². The highest BCUT2D eigenvalue weighted by molar-refractivity contribution is 7.89. The second-order valence-electron chi connectivity index (χ2n) is 3.59. The molecule has 7 heteroatoms. The summed E-state index contributed by atoms with van der Waals surface area (Å²) in [5, 5.41) is 0. The van der Waals surface area contributed by atoms with E-state index in [2.05, 4.69) is 4.98 Å². The van der Waals surface area contributed by atoms with Gasteiger partial charge >= 0.3 is 0 Å². The molecule has 0 saturated heterocycles. The van der Waals surface area contributed by atoms with Crippen LogP contribution in [0.5, 0.6) is 0 Å². The first-order valence-electron chi connectivity index (χ1n) is 5.15. The number of rotatable bonds is 6. The van der Waals surface area contributed by atoms with Crippen molar-refractivity contribution in [1.29, 1.82) is 0 Å². The molecule has 0 aromatic carbocycles. The third kappa shape index (κ3) is 3.39. The molecular weight excluding hydrogens is 242 g/mol. The maximum Gasteiger partial charge on any atom is 0.246 e. The van der Waals surface area contributed by atoms with Crippen molar-refractivity contribution in [2.24, 2.45) is 0 Å². The first-order valence-corrected chi connectivity index (χ1v) is 6.59. The summed E-state index contributed by atoms with van der Waals surface area (Å²) in [5.41, 5.74) is 5.84. The van der Waals surface area contributed by atoms with Gasteiger partial charge in [-0.25, -0.2) is 12.7 Å². The molecule has 17 heavy (non-hydrogen) atoms. The Labute approximate surface area is 101 Å². The number of aromatic nitrogens is 1. The van der Waals surface area contributed by atoms with Crippen molar-refractivity contribution in [1.82, 2.24) is 9.29 Å². The predicted molar refractivity (Wildman–Crippen MR) is 65.0 cm³/mol. The molecule has 2 N–H and O–H groups in total. The lowest BCUT2D eigenvalue weighted by atomic mass is 10.4. The van der Waals surface area contributed by atoms with E-state index in [4.69, 9.17) is 10.5 Å². The summed E-state index contributed by atoms with van der Waals surface area (Å²) in [6.45, 7) is 0.896. The van der Waals surface area contributed by atoms with E-state index in [1.807, 2.05) is 0 Å². The van der Waals surface area contributed by atoms with E-state index in [1.165, 1.54) is 29.8 Å². The number of pyridine rings is 1. The average Bonchev–Trinajstić information content (AvgIpc) is 2.29. The molecule has 0 saturated carbocycles. The van der Waals surface area contributed by atoms with Gasteiger partial charge in [0.1, 0.15) is 4.90 Å². The Hall–Kier alpha value is -1.18. The largest absolute Gasteiger partial charge is 0.398 e. The van der Waals surface area contributed by atoms with Crippen molar-refractivity contribution in [3.63, 3.8) is 0 Å². The predicted octanol–water partition coefficient (Wildman–Crippen LogP) is 0.321. The number of sulfonamides is 1. The quantitative estimate of drug-likeness (QED) is 0.744. The lowest BCUT2D eigenvalue weighted by Crippen LogP contribution is -2.29. The Morgan fingerprint density at radius 2 is 2.24 bits per heavy atom. The average molecular weight is 259 g/mol. The highest BCUT2D eigenvalue weighted by Gasteiger charge is 2.22. The number of nitrogens with zero attached hydrogens (tertiary/aromatic N) is 2. The molecule has 0 spiro atoms. The van der Waals surface area contributed by atoms with E-state index >= 15 is 0 Å². The molecular formula is C10H17N3O3S. The van der Waals surface area contributed by atoms with E-state index in [0.29, 0.717) is 19.6 Å². The van der Waals surface area contributed by atoms with Gasteiger partial charge in [-0.2, -0.15) is 0 Å². The minimum atomic E-state index is -3.56. The number of nitrogens with two attached hydrogens (primary N) is 1. The van der Waals surface area contributed by atoms with Gasteiger partial charge in [0, 0.05) is 39.7 Å². The van der Waals surface area contributed by atoms with Crippen molar-refractivity contribution in [3.05, 3.63) is 18.5 Å². The van der Waals surface area contributed by atoms with Crippen LogP contribution in [0.1, 0.15) is 6.42 Å². The van der Waals surface area contributed by atoms with Crippen molar-refractivity contribution >= 4 is 15.7 Å². The van der Waals surface area contributed by atoms with Gasteiger partial charge in [-0.15, -0.1) is 0 Å². The molecule has 0 unspecified atom stereocenters. The normalized spacial score (nSPS) is 11.9. The van der Waals surface area contributed by atoms with Crippen LogP contribution in [0, 0.1) is 0 Å². The van der Waals surface area contributed by atoms with E-state index in [1.54, 1.807) is 7.11 Å². The fourth-order valence-corrected chi connectivity index (χ4v) is 2.59. The van der Waals surface area contributed by atoms with Gasteiger partial charge in [0.2, 0.25) is 10.0 Å². The standard InChI is InChI=1S/C10H17N3O3S/c1-13(6-3-7-16-2)17(14,15)10-8-12-5-4-9(10)11/h4-5,8H,3,6-7H2,1-2H3,(H2,11,12). The first kappa shape index (κ1) is 13.9. The van der Waals surface area contributed by atoms with Crippen LogP contribution in [0.2, 0.25) is 0 Å². The monoisotopic (exact) mass is 259 g/mol. The molecule has 1 aromatic heterocycles. The van der Waals surface area contributed by atoms with Crippen LogP contribution < -0.4 is 5.73 Å².